The number of carbonyl (C=O) groups is 2. The molecule has 0 spiro atoms. The zero-order valence-electron chi connectivity index (χ0n) is 12.5. The van der Waals surface area contributed by atoms with E-state index in [1.54, 1.807) is 7.11 Å². The number of ether oxygens (including phenoxy) is 1. The summed E-state index contributed by atoms with van der Waals surface area (Å²) in [5.74, 6) is -0.240. The van der Waals surface area contributed by atoms with E-state index in [2.05, 4.69) is 10.6 Å². The highest BCUT2D eigenvalue weighted by atomic mass is 16.5. The number of hydrogen-bond acceptors (Lipinski definition) is 4. The number of carbonyl (C=O) groups excluding carboxylic acids is 2. The number of nitrogens with one attached hydrogen (secondary N) is 2. The molecule has 0 bridgehead atoms. The summed E-state index contributed by atoms with van der Waals surface area (Å²) < 4.78 is 5.04. The highest BCUT2D eigenvalue weighted by Gasteiger charge is 2.19. The summed E-state index contributed by atoms with van der Waals surface area (Å²) in [6.45, 7) is 8.10. The Kier molecular flexibility index (Phi) is 8.34. The van der Waals surface area contributed by atoms with E-state index >= 15 is 0 Å². The highest BCUT2D eigenvalue weighted by Crippen LogP contribution is 2.01. The van der Waals surface area contributed by atoms with Crippen LogP contribution in [-0.4, -0.2) is 44.2 Å². The molecular formula is C13H27N3O3. The van der Waals surface area contributed by atoms with Crippen LogP contribution in [0.5, 0.6) is 0 Å². The molecule has 2 atom stereocenters. The quantitative estimate of drug-likeness (QED) is 0.574. The number of nitrogens with two attached hydrogens (primary N) is 1. The molecule has 6 nitrogen and oxygen atoms in total. The van der Waals surface area contributed by atoms with Gasteiger partial charge in [-0.25, -0.2) is 0 Å². The minimum Gasteiger partial charge on any atom is -0.383 e. The second-order valence-corrected chi connectivity index (χ2v) is 5.36. The van der Waals surface area contributed by atoms with Gasteiger partial charge in [0.25, 0.3) is 0 Å². The molecule has 0 heterocycles. The predicted molar refractivity (Wildman–Crippen MR) is 74.5 cm³/mol. The van der Waals surface area contributed by atoms with Crippen LogP contribution in [0.1, 0.15) is 27.7 Å². The topological polar surface area (TPSA) is 93.5 Å². The Morgan fingerprint density at radius 3 is 2.16 bits per heavy atom. The average molecular weight is 273 g/mol. The molecule has 1 unspecified atom stereocenters. The summed E-state index contributed by atoms with van der Waals surface area (Å²) in [6, 6.07) is -0.652. The molecule has 0 aromatic carbocycles. The fourth-order valence-electron chi connectivity index (χ4n) is 1.43. The molecule has 2 amide bonds. The zero-order valence-corrected chi connectivity index (χ0v) is 12.5. The minimum absolute atomic E-state index is 0.0416. The van der Waals surface area contributed by atoms with Gasteiger partial charge in [-0.1, -0.05) is 27.7 Å². The lowest BCUT2D eigenvalue weighted by molar-refractivity contribution is -0.128. The first-order valence-electron chi connectivity index (χ1n) is 6.61. The van der Waals surface area contributed by atoms with Crippen molar-refractivity contribution < 1.29 is 14.3 Å². The lowest BCUT2D eigenvalue weighted by Gasteiger charge is -2.22. The van der Waals surface area contributed by atoms with E-state index < -0.39 is 6.04 Å². The maximum absolute atomic E-state index is 11.7. The molecule has 0 fully saturated rings. The fraction of sp³-hybridized carbons (Fsp3) is 0.846. The third-order valence-corrected chi connectivity index (χ3v) is 2.94. The molecule has 0 saturated carbocycles. The van der Waals surface area contributed by atoms with Crippen molar-refractivity contribution in [2.75, 3.05) is 20.3 Å². The summed E-state index contributed by atoms with van der Waals surface area (Å²) in [6.07, 6.45) is 0. The summed E-state index contributed by atoms with van der Waals surface area (Å²) in [5.41, 5.74) is 5.68. The van der Waals surface area contributed by atoms with Crippen molar-refractivity contribution in [2.24, 2.45) is 17.6 Å². The second kappa shape index (κ2) is 8.87. The Bertz CT molecular complexity index is 293. The van der Waals surface area contributed by atoms with Gasteiger partial charge in [-0.05, 0) is 11.8 Å². The number of methoxy groups -OCH3 is 1. The first-order chi connectivity index (χ1) is 8.79. The van der Waals surface area contributed by atoms with E-state index in [1.807, 2.05) is 27.7 Å². The summed E-state index contributed by atoms with van der Waals surface area (Å²) in [7, 11) is 1.59. The Morgan fingerprint density at radius 1 is 1.16 bits per heavy atom. The van der Waals surface area contributed by atoms with Gasteiger partial charge in [-0.3, -0.25) is 9.59 Å². The van der Waals surface area contributed by atoms with E-state index in [9.17, 15) is 9.59 Å². The van der Waals surface area contributed by atoms with Gasteiger partial charge in [0.2, 0.25) is 11.8 Å². The van der Waals surface area contributed by atoms with Crippen LogP contribution in [0.25, 0.3) is 0 Å². The van der Waals surface area contributed by atoms with Crippen molar-refractivity contribution >= 4 is 11.8 Å². The molecule has 0 aromatic rings. The van der Waals surface area contributed by atoms with Gasteiger partial charge < -0.3 is 21.1 Å². The third-order valence-electron chi connectivity index (χ3n) is 2.94. The Morgan fingerprint density at radius 2 is 1.74 bits per heavy atom. The molecule has 0 radical (unpaired) electrons. The fourth-order valence-corrected chi connectivity index (χ4v) is 1.43. The molecule has 0 aliphatic heterocycles. The van der Waals surface area contributed by atoms with E-state index in [1.165, 1.54) is 0 Å². The van der Waals surface area contributed by atoms with Gasteiger partial charge >= 0.3 is 0 Å². The van der Waals surface area contributed by atoms with Gasteiger partial charge in [0, 0.05) is 7.11 Å². The zero-order chi connectivity index (χ0) is 15.0. The van der Waals surface area contributed by atoms with Crippen molar-refractivity contribution in [3.8, 4) is 0 Å². The molecule has 6 heteroatoms. The van der Waals surface area contributed by atoms with Crippen molar-refractivity contribution in [1.29, 1.82) is 0 Å². The van der Waals surface area contributed by atoms with E-state index in [0.29, 0.717) is 6.61 Å². The van der Waals surface area contributed by atoms with E-state index in [0.717, 1.165) is 0 Å². The number of amides is 2. The van der Waals surface area contributed by atoms with Crippen molar-refractivity contribution in [3.05, 3.63) is 0 Å². The van der Waals surface area contributed by atoms with Crippen LogP contribution in [0.15, 0.2) is 0 Å². The standard InChI is InChI=1S/C13H27N3O3/c1-8(2)10(7-19-5)16-11(17)6-15-13(18)12(14)9(3)4/h8-10,12H,6-7,14H2,1-5H3,(H,15,18)(H,16,17)/t10?,12-/m0/s1. The Balaban J connectivity index is 4.14. The lowest BCUT2D eigenvalue weighted by Crippen LogP contribution is -2.50. The van der Waals surface area contributed by atoms with Crippen LogP contribution < -0.4 is 16.4 Å². The van der Waals surface area contributed by atoms with Crippen LogP contribution in [-0.2, 0) is 14.3 Å². The maximum Gasteiger partial charge on any atom is 0.239 e. The molecule has 0 aliphatic carbocycles. The van der Waals surface area contributed by atoms with Gasteiger partial charge in [0.15, 0.2) is 0 Å². The first-order valence-corrected chi connectivity index (χ1v) is 6.61. The monoisotopic (exact) mass is 273 g/mol. The SMILES string of the molecule is COCC(NC(=O)CNC(=O)[C@@H](N)C(C)C)C(C)C. The normalized spacial score (nSPS) is 14.3. The van der Waals surface area contributed by atoms with Crippen LogP contribution in [0.2, 0.25) is 0 Å². The summed E-state index contributed by atoms with van der Waals surface area (Å²) in [5, 5.41) is 5.35. The smallest absolute Gasteiger partial charge is 0.239 e. The second-order valence-electron chi connectivity index (χ2n) is 5.36. The number of hydrogen-bond donors (Lipinski definition) is 3. The molecular weight excluding hydrogens is 246 g/mol. The lowest BCUT2D eigenvalue weighted by atomic mass is 10.0. The molecule has 0 saturated heterocycles. The molecule has 19 heavy (non-hydrogen) atoms. The summed E-state index contributed by atoms with van der Waals surface area (Å²) >= 11 is 0. The van der Waals surface area contributed by atoms with Gasteiger partial charge in [0.1, 0.15) is 0 Å². The van der Waals surface area contributed by atoms with Crippen molar-refractivity contribution in [1.82, 2.24) is 10.6 Å². The minimum atomic E-state index is -0.590. The highest BCUT2D eigenvalue weighted by molar-refractivity contribution is 5.87. The van der Waals surface area contributed by atoms with Crippen molar-refractivity contribution in [3.63, 3.8) is 0 Å². The van der Waals surface area contributed by atoms with Crippen LogP contribution in [0.4, 0.5) is 0 Å². The van der Waals surface area contributed by atoms with E-state index in [4.69, 9.17) is 10.5 Å². The predicted octanol–water partition coefficient (Wildman–Crippen LogP) is -0.127. The van der Waals surface area contributed by atoms with Crippen molar-refractivity contribution in [2.45, 2.75) is 39.8 Å². The van der Waals surface area contributed by atoms with Crippen LogP contribution >= 0.6 is 0 Å². The molecule has 0 aromatic heterocycles. The average Bonchev–Trinajstić information content (AvgIpc) is 2.34. The molecule has 0 aliphatic rings. The van der Waals surface area contributed by atoms with Crippen LogP contribution in [0.3, 0.4) is 0 Å². The molecule has 4 N–H and O–H groups in total. The third kappa shape index (κ3) is 7.12. The molecule has 112 valence electrons. The number of rotatable bonds is 8. The Labute approximate surface area is 115 Å². The Hall–Kier alpha value is -1.14. The summed E-state index contributed by atoms with van der Waals surface area (Å²) in [4.78, 5) is 23.3. The first kappa shape index (κ1) is 17.9. The largest absolute Gasteiger partial charge is 0.383 e. The van der Waals surface area contributed by atoms with Crippen LogP contribution in [0, 0.1) is 11.8 Å². The van der Waals surface area contributed by atoms with E-state index in [-0.39, 0.29) is 36.2 Å². The van der Waals surface area contributed by atoms with Gasteiger partial charge in [0.05, 0.1) is 25.2 Å². The van der Waals surface area contributed by atoms with Gasteiger partial charge in [-0.15, -0.1) is 0 Å². The van der Waals surface area contributed by atoms with Gasteiger partial charge in [-0.2, -0.15) is 0 Å². The molecule has 0 rings (SSSR count). The maximum atomic E-state index is 11.7.